The fourth-order valence-electron chi connectivity index (χ4n) is 1.86. The van der Waals surface area contributed by atoms with E-state index in [9.17, 15) is 4.79 Å². The van der Waals surface area contributed by atoms with Gasteiger partial charge in [0, 0.05) is 0 Å². The van der Waals surface area contributed by atoms with E-state index in [2.05, 4.69) is 41.4 Å². The Bertz CT molecular complexity index is 544. The second kappa shape index (κ2) is 5.10. The van der Waals surface area contributed by atoms with Gasteiger partial charge in [-0.3, -0.25) is 4.79 Å². The molecule has 0 aromatic carbocycles. The number of aromatic amines is 1. The van der Waals surface area contributed by atoms with E-state index in [-0.39, 0.29) is 18.4 Å². The first-order chi connectivity index (χ1) is 9.33. The molecule has 1 aliphatic rings. The molecule has 2 aromatic rings. The molecular weight excluding hydrogens is 252 g/mol. The van der Waals surface area contributed by atoms with Gasteiger partial charge >= 0.3 is 0 Å². The second-order valence-corrected chi connectivity index (χ2v) is 4.12. The van der Waals surface area contributed by atoms with E-state index in [0.29, 0.717) is 11.7 Å². The first-order valence-corrected chi connectivity index (χ1v) is 5.90. The number of nitrogens with one attached hydrogen (secondary N) is 3. The number of nitrogens with zero attached hydrogens (tertiary/aromatic N) is 5. The predicted molar refractivity (Wildman–Crippen MR) is 59.6 cm³/mol. The predicted octanol–water partition coefficient (Wildman–Crippen LogP) is -1.06. The van der Waals surface area contributed by atoms with Crippen molar-refractivity contribution in [1.82, 2.24) is 41.4 Å². The zero-order valence-electron chi connectivity index (χ0n) is 9.96. The minimum atomic E-state index is -0.433. The van der Waals surface area contributed by atoms with Crippen LogP contribution >= 0.6 is 0 Å². The van der Waals surface area contributed by atoms with Crippen LogP contribution in [0.5, 0.6) is 0 Å². The SMILES string of the molecule is O=C(NCc1nn[nH]n1)c1noc(C2CCCN2)n1. The van der Waals surface area contributed by atoms with E-state index < -0.39 is 5.91 Å². The highest BCUT2D eigenvalue weighted by atomic mass is 16.5. The van der Waals surface area contributed by atoms with Crippen LogP contribution in [-0.2, 0) is 6.54 Å². The normalized spacial score (nSPS) is 18.6. The molecule has 0 saturated carbocycles. The second-order valence-electron chi connectivity index (χ2n) is 4.12. The molecule has 19 heavy (non-hydrogen) atoms. The Morgan fingerprint density at radius 2 is 2.47 bits per heavy atom. The lowest BCUT2D eigenvalue weighted by molar-refractivity contribution is 0.0936. The third-order valence-corrected chi connectivity index (χ3v) is 2.80. The van der Waals surface area contributed by atoms with Crippen molar-refractivity contribution in [2.24, 2.45) is 0 Å². The smallest absolute Gasteiger partial charge is 0.293 e. The van der Waals surface area contributed by atoms with Gasteiger partial charge in [-0.1, -0.05) is 10.4 Å². The maximum Gasteiger partial charge on any atom is 0.293 e. The van der Waals surface area contributed by atoms with E-state index in [1.165, 1.54) is 0 Å². The fourth-order valence-corrected chi connectivity index (χ4v) is 1.86. The number of aromatic nitrogens is 6. The molecule has 3 heterocycles. The molecule has 1 unspecified atom stereocenters. The van der Waals surface area contributed by atoms with Gasteiger partial charge in [0.2, 0.25) is 5.89 Å². The number of carbonyl (C=O) groups is 1. The largest absolute Gasteiger partial charge is 0.342 e. The Labute approximate surface area is 107 Å². The highest BCUT2D eigenvalue weighted by Crippen LogP contribution is 2.20. The lowest BCUT2D eigenvalue weighted by Gasteiger charge is -2.01. The third kappa shape index (κ3) is 2.57. The molecule has 100 valence electrons. The zero-order chi connectivity index (χ0) is 13.1. The van der Waals surface area contributed by atoms with Gasteiger partial charge in [0.05, 0.1) is 12.6 Å². The molecule has 10 nitrogen and oxygen atoms in total. The number of rotatable bonds is 4. The highest BCUT2D eigenvalue weighted by Gasteiger charge is 2.24. The van der Waals surface area contributed by atoms with E-state index in [1.807, 2.05) is 0 Å². The van der Waals surface area contributed by atoms with Crippen molar-refractivity contribution in [3.05, 3.63) is 17.5 Å². The molecule has 0 radical (unpaired) electrons. The standard InChI is InChI=1S/C9H12N8O2/c18-8(11-4-6-13-16-17-14-6)7-12-9(19-15-7)5-2-1-3-10-5/h5,10H,1-4H2,(H,11,18)(H,13,14,16,17). The topological polar surface area (TPSA) is 135 Å². The molecule has 1 atom stereocenters. The molecule has 2 aromatic heterocycles. The summed E-state index contributed by atoms with van der Waals surface area (Å²) >= 11 is 0. The van der Waals surface area contributed by atoms with Crippen LogP contribution in [0, 0.1) is 0 Å². The minimum Gasteiger partial charge on any atom is -0.342 e. The summed E-state index contributed by atoms with van der Waals surface area (Å²) in [5.41, 5.74) is 0. The molecule has 10 heteroatoms. The van der Waals surface area contributed by atoms with Crippen molar-refractivity contribution < 1.29 is 9.32 Å². The zero-order valence-corrected chi connectivity index (χ0v) is 9.96. The molecule has 1 aliphatic heterocycles. The molecule has 0 spiro atoms. The van der Waals surface area contributed by atoms with E-state index in [1.54, 1.807) is 0 Å². The summed E-state index contributed by atoms with van der Waals surface area (Å²) in [5, 5.41) is 22.6. The summed E-state index contributed by atoms with van der Waals surface area (Å²) < 4.78 is 5.07. The minimum absolute atomic E-state index is 0.00666. The monoisotopic (exact) mass is 264 g/mol. The number of H-pyrrole nitrogens is 1. The van der Waals surface area contributed by atoms with Gasteiger partial charge < -0.3 is 15.2 Å². The number of hydrogen-bond donors (Lipinski definition) is 3. The average molecular weight is 264 g/mol. The fraction of sp³-hybridized carbons (Fsp3) is 0.556. The van der Waals surface area contributed by atoms with Gasteiger partial charge in [-0.2, -0.15) is 10.2 Å². The average Bonchev–Trinajstić information content (AvgIpc) is 3.14. The molecule has 3 rings (SSSR count). The van der Waals surface area contributed by atoms with Crippen molar-refractivity contribution in [1.29, 1.82) is 0 Å². The summed E-state index contributed by atoms with van der Waals surface area (Å²) in [6.45, 7) is 1.08. The van der Waals surface area contributed by atoms with Crippen LogP contribution in [0.2, 0.25) is 0 Å². The van der Waals surface area contributed by atoms with Crippen LogP contribution in [0.15, 0.2) is 4.52 Å². The Kier molecular flexibility index (Phi) is 3.14. The van der Waals surface area contributed by atoms with Crippen LogP contribution in [0.1, 0.15) is 41.2 Å². The number of amides is 1. The lowest BCUT2D eigenvalue weighted by atomic mass is 10.2. The first kappa shape index (κ1) is 11.7. The number of tetrazole rings is 1. The van der Waals surface area contributed by atoms with Crippen molar-refractivity contribution in [3.63, 3.8) is 0 Å². The Morgan fingerprint density at radius 1 is 1.53 bits per heavy atom. The summed E-state index contributed by atoms with van der Waals surface area (Å²) in [5.74, 6) is 0.404. The third-order valence-electron chi connectivity index (χ3n) is 2.80. The molecule has 1 fully saturated rings. The molecule has 3 N–H and O–H groups in total. The van der Waals surface area contributed by atoms with Gasteiger partial charge in [-0.05, 0) is 19.4 Å². The Morgan fingerprint density at radius 3 is 3.21 bits per heavy atom. The maximum absolute atomic E-state index is 11.8. The van der Waals surface area contributed by atoms with Gasteiger partial charge in [-0.25, -0.2) is 0 Å². The van der Waals surface area contributed by atoms with Gasteiger partial charge in [0.25, 0.3) is 11.7 Å². The molecule has 0 aliphatic carbocycles. The highest BCUT2D eigenvalue weighted by molar-refractivity contribution is 5.90. The van der Waals surface area contributed by atoms with E-state index in [4.69, 9.17) is 4.52 Å². The molecule has 0 bridgehead atoms. The van der Waals surface area contributed by atoms with Crippen molar-refractivity contribution in [2.75, 3.05) is 6.54 Å². The van der Waals surface area contributed by atoms with Crippen molar-refractivity contribution in [3.8, 4) is 0 Å². The Balaban J connectivity index is 1.60. The van der Waals surface area contributed by atoms with Crippen molar-refractivity contribution in [2.45, 2.75) is 25.4 Å². The molecule has 1 saturated heterocycles. The van der Waals surface area contributed by atoms with Crippen LogP contribution in [0.25, 0.3) is 0 Å². The van der Waals surface area contributed by atoms with Crippen LogP contribution in [-0.4, -0.2) is 43.2 Å². The van der Waals surface area contributed by atoms with Crippen LogP contribution in [0.3, 0.4) is 0 Å². The van der Waals surface area contributed by atoms with Gasteiger partial charge in [0.15, 0.2) is 5.82 Å². The van der Waals surface area contributed by atoms with Crippen molar-refractivity contribution >= 4 is 5.91 Å². The van der Waals surface area contributed by atoms with Gasteiger partial charge in [-0.15, -0.1) is 10.2 Å². The van der Waals surface area contributed by atoms with E-state index in [0.717, 1.165) is 19.4 Å². The van der Waals surface area contributed by atoms with E-state index >= 15 is 0 Å². The lowest BCUT2D eigenvalue weighted by Crippen LogP contribution is -2.24. The van der Waals surface area contributed by atoms with Crippen LogP contribution in [0.4, 0.5) is 0 Å². The maximum atomic E-state index is 11.8. The molecule has 1 amide bonds. The Hall–Kier alpha value is -2.36. The quantitative estimate of drug-likeness (QED) is 0.635. The summed E-state index contributed by atoms with van der Waals surface area (Å²) in [7, 11) is 0. The summed E-state index contributed by atoms with van der Waals surface area (Å²) in [6.07, 6.45) is 2.00. The molecular formula is C9H12N8O2. The number of carbonyl (C=O) groups excluding carboxylic acids is 1. The van der Waals surface area contributed by atoms with Crippen LogP contribution < -0.4 is 10.6 Å². The number of hydrogen-bond acceptors (Lipinski definition) is 8. The van der Waals surface area contributed by atoms with Gasteiger partial charge in [0.1, 0.15) is 0 Å². The summed E-state index contributed by atoms with van der Waals surface area (Å²) in [6, 6.07) is 0.0475. The summed E-state index contributed by atoms with van der Waals surface area (Å²) in [4.78, 5) is 15.8. The first-order valence-electron chi connectivity index (χ1n) is 5.90.